The van der Waals surface area contributed by atoms with E-state index in [1.165, 1.54) is 5.56 Å². The molecule has 1 aliphatic heterocycles. The molecule has 2 heterocycles. The van der Waals surface area contributed by atoms with Gasteiger partial charge in [-0.2, -0.15) is 10.3 Å². The smallest absolute Gasteiger partial charge is 0.361 e. The van der Waals surface area contributed by atoms with Gasteiger partial charge in [-0.15, -0.1) is 5.10 Å². The molecule has 0 aliphatic carbocycles. The molecule has 134 valence electrons. The van der Waals surface area contributed by atoms with Gasteiger partial charge in [0.25, 0.3) is 0 Å². The number of hydrogen-bond acceptors (Lipinski definition) is 6. The molecule has 1 aromatic heterocycles. The molecule has 2 aromatic rings. The van der Waals surface area contributed by atoms with E-state index in [1.54, 1.807) is 6.92 Å². The Morgan fingerprint density at radius 2 is 1.76 bits per heavy atom. The van der Waals surface area contributed by atoms with Crippen molar-refractivity contribution in [2.45, 2.75) is 20.4 Å². The Hall–Kier alpha value is -2.25. The number of carbonyl (C=O) groups excluding carboxylic acids is 1. The van der Waals surface area contributed by atoms with E-state index in [9.17, 15) is 4.79 Å². The molecule has 0 bridgehead atoms. The lowest BCUT2D eigenvalue weighted by Gasteiger charge is -2.34. The van der Waals surface area contributed by atoms with Crippen molar-refractivity contribution in [3.63, 3.8) is 0 Å². The molecule has 0 atom stereocenters. The Kier molecular flexibility index (Phi) is 5.78. The maximum Gasteiger partial charge on any atom is 0.361 e. The molecule has 0 saturated carbocycles. The van der Waals surface area contributed by atoms with Gasteiger partial charge in [-0.1, -0.05) is 31.2 Å². The van der Waals surface area contributed by atoms with Crippen molar-refractivity contribution in [3.8, 4) is 11.3 Å². The van der Waals surface area contributed by atoms with E-state index in [-0.39, 0.29) is 5.69 Å². The van der Waals surface area contributed by atoms with E-state index < -0.39 is 5.97 Å². The predicted molar refractivity (Wildman–Crippen MR) is 95.2 cm³/mol. The van der Waals surface area contributed by atoms with Crippen LogP contribution in [0.4, 0.5) is 0 Å². The fourth-order valence-electron chi connectivity index (χ4n) is 3.06. The van der Waals surface area contributed by atoms with Gasteiger partial charge in [0.05, 0.1) is 6.61 Å². The van der Waals surface area contributed by atoms with Crippen LogP contribution in [0.25, 0.3) is 11.3 Å². The zero-order chi connectivity index (χ0) is 17.6. The summed E-state index contributed by atoms with van der Waals surface area (Å²) in [6.45, 7) is 10.8. The van der Waals surface area contributed by atoms with Crippen LogP contribution in [0, 0.1) is 0 Å². The van der Waals surface area contributed by atoms with Crippen LogP contribution >= 0.6 is 0 Å². The van der Waals surface area contributed by atoms with E-state index >= 15 is 0 Å². The van der Waals surface area contributed by atoms with Gasteiger partial charge >= 0.3 is 5.97 Å². The lowest BCUT2D eigenvalue weighted by molar-refractivity contribution is 0.0520. The molecular weight excluding hydrogens is 318 g/mol. The van der Waals surface area contributed by atoms with Gasteiger partial charge in [-0.3, -0.25) is 4.90 Å². The second-order valence-corrected chi connectivity index (χ2v) is 6.15. The molecule has 0 radical (unpaired) electrons. The first-order valence-corrected chi connectivity index (χ1v) is 8.83. The molecule has 3 rings (SSSR count). The van der Waals surface area contributed by atoms with Gasteiger partial charge in [0.1, 0.15) is 5.69 Å². The molecular formula is C18H25N5O2. The predicted octanol–water partition coefficient (Wildman–Crippen LogP) is 1.79. The number of hydrogen-bond donors (Lipinski definition) is 1. The van der Waals surface area contributed by atoms with Crippen molar-refractivity contribution < 1.29 is 9.53 Å². The van der Waals surface area contributed by atoms with Crippen LogP contribution in [0.5, 0.6) is 0 Å². The Morgan fingerprint density at radius 3 is 2.40 bits per heavy atom. The number of carbonyl (C=O) groups is 1. The zero-order valence-electron chi connectivity index (χ0n) is 14.9. The highest BCUT2D eigenvalue weighted by atomic mass is 16.5. The van der Waals surface area contributed by atoms with Crippen LogP contribution in [0.1, 0.15) is 29.9 Å². The van der Waals surface area contributed by atoms with E-state index in [2.05, 4.69) is 44.3 Å². The lowest BCUT2D eigenvalue weighted by atomic mass is 10.1. The molecule has 1 aliphatic rings. The first-order valence-electron chi connectivity index (χ1n) is 8.83. The normalized spacial score (nSPS) is 16.1. The summed E-state index contributed by atoms with van der Waals surface area (Å²) < 4.78 is 5.02. The first kappa shape index (κ1) is 17.6. The average Bonchev–Trinajstić information content (AvgIpc) is 3.13. The number of esters is 1. The first-order chi connectivity index (χ1) is 12.2. The number of nitrogens with one attached hydrogen (secondary N) is 1. The summed E-state index contributed by atoms with van der Waals surface area (Å²) in [5.41, 5.74) is 2.87. The Bertz CT molecular complexity index is 690. The van der Waals surface area contributed by atoms with Crippen LogP contribution in [-0.2, 0) is 11.3 Å². The third-order valence-electron chi connectivity index (χ3n) is 4.56. The van der Waals surface area contributed by atoms with E-state index in [1.807, 2.05) is 12.1 Å². The van der Waals surface area contributed by atoms with Crippen LogP contribution < -0.4 is 0 Å². The van der Waals surface area contributed by atoms with Crippen LogP contribution in [-0.4, -0.2) is 70.5 Å². The fraction of sp³-hybridized carbons (Fsp3) is 0.500. The average molecular weight is 343 g/mol. The minimum absolute atomic E-state index is 0.227. The van der Waals surface area contributed by atoms with Crippen molar-refractivity contribution >= 4 is 5.97 Å². The standard InChI is InChI=1S/C18H25N5O2/c1-3-22-9-11-23(12-10-22)13-14-5-7-15(8-6-14)16-17(20-21-19-16)18(24)25-4-2/h5-8H,3-4,9-13H2,1-2H3,(H,19,20,21). The SMILES string of the molecule is CCOC(=O)c1n[nH]nc1-c1ccc(CN2CCN(CC)CC2)cc1. The van der Waals surface area contributed by atoms with Crippen molar-refractivity contribution in [1.29, 1.82) is 0 Å². The summed E-state index contributed by atoms with van der Waals surface area (Å²) in [5.74, 6) is -0.455. The van der Waals surface area contributed by atoms with E-state index in [0.717, 1.165) is 44.8 Å². The second-order valence-electron chi connectivity index (χ2n) is 6.15. The van der Waals surface area contributed by atoms with Gasteiger partial charge < -0.3 is 9.64 Å². The van der Waals surface area contributed by atoms with Gasteiger partial charge in [-0.05, 0) is 19.0 Å². The number of rotatable bonds is 6. The van der Waals surface area contributed by atoms with Gasteiger partial charge in [0.15, 0.2) is 5.69 Å². The van der Waals surface area contributed by atoms with Crippen molar-refractivity contribution in [1.82, 2.24) is 25.2 Å². The van der Waals surface area contributed by atoms with Crippen LogP contribution in [0.3, 0.4) is 0 Å². The lowest BCUT2D eigenvalue weighted by Crippen LogP contribution is -2.45. The summed E-state index contributed by atoms with van der Waals surface area (Å²) in [6, 6.07) is 8.15. The minimum atomic E-state index is -0.455. The summed E-state index contributed by atoms with van der Waals surface area (Å²) in [5, 5.41) is 10.5. The second kappa shape index (κ2) is 8.22. The molecule has 7 heteroatoms. The van der Waals surface area contributed by atoms with E-state index in [4.69, 9.17) is 4.74 Å². The van der Waals surface area contributed by atoms with Gasteiger partial charge in [0.2, 0.25) is 0 Å². The highest BCUT2D eigenvalue weighted by molar-refractivity contribution is 5.93. The van der Waals surface area contributed by atoms with Crippen LogP contribution in [0.15, 0.2) is 24.3 Å². The molecule has 0 amide bonds. The molecule has 1 fully saturated rings. The highest BCUT2D eigenvalue weighted by Gasteiger charge is 2.19. The number of ether oxygens (including phenoxy) is 1. The molecule has 7 nitrogen and oxygen atoms in total. The van der Waals surface area contributed by atoms with Crippen molar-refractivity contribution in [3.05, 3.63) is 35.5 Å². The van der Waals surface area contributed by atoms with Crippen LogP contribution in [0.2, 0.25) is 0 Å². The summed E-state index contributed by atoms with van der Waals surface area (Å²) in [6.07, 6.45) is 0. The van der Waals surface area contributed by atoms with E-state index in [0.29, 0.717) is 12.3 Å². The summed E-state index contributed by atoms with van der Waals surface area (Å²) in [4.78, 5) is 16.9. The number of aromatic nitrogens is 3. The molecule has 1 N–H and O–H groups in total. The fourth-order valence-corrected chi connectivity index (χ4v) is 3.06. The third-order valence-corrected chi connectivity index (χ3v) is 4.56. The third kappa shape index (κ3) is 4.24. The largest absolute Gasteiger partial charge is 0.461 e. The molecule has 1 saturated heterocycles. The topological polar surface area (TPSA) is 74.3 Å². The monoisotopic (exact) mass is 343 g/mol. The van der Waals surface area contributed by atoms with Crippen molar-refractivity contribution in [2.75, 3.05) is 39.3 Å². The highest BCUT2D eigenvalue weighted by Crippen LogP contribution is 2.21. The molecule has 25 heavy (non-hydrogen) atoms. The minimum Gasteiger partial charge on any atom is -0.461 e. The van der Waals surface area contributed by atoms with Gasteiger partial charge in [0, 0.05) is 38.3 Å². The molecule has 1 aromatic carbocycles. The Labute approximate surface area is 148 Å². The number of benzene rings is 1. The Balaban J connectivity index is 1.65. The summed E-state index contributed by atoms with van der Waals surface area (Å²) in [7, 11) is 0. The van der Waals surface area contributed by atoms with Crippen molar-refractivity contribution in [2.24, 2.45) is 0 Å². The number of likely N-dealkylation sites (N-methyl/N-ethyl adjacent to an activating group) is 1. The Morgan fingerprint density at radius 1 is 1.08 bits per heavy atom. The summed E-state index contributed by atoms with van der Waals surface area (Å²) >= 11 is 0. The number of piperazine rings is 1. The molecule has 0 unspecified atom stereocenters. The maximum atomic E-state index is 11.9. The molecule has 0 spiro atoms. The number of aromatic amines is 1. The number of nitrogens with zero attached hydrogens (tertiary/aromatic N) is 4. The quantitative estimate of drug-likeness (QED) is 0.806. The zero-order valence-corrected chi connectivity index (χ0v) is 14.9. The van der Waals surface area contributed by atoms with Gasteiger partial charge in [-0.25, -0.2) is 4.79 Å². The number of H-pyrrole nitrogens is 1. The maximum absolute atomic E-state index is 11.9.